The SMILES string of the molecule is CC[C@H](C)NC(=O)[C@H](C)N(Cc1cccc(C)c1)C(=O)Cc1c(Cl)cccc1Cl. The lowest BCUT2D eigenvalue weighted by Crippen LogP contribution is -2.49. The molecule has 29 heavy (non-hydrogen) atoms. The molecule has 0 fully saturated rings. The van der Waals surface area contributed by atoms with Gasteiger partial charge in [-0.15, -0.1) is 0 Å². The van der Waals surface area contributed by atoms with Crippen LogP contribution in [0.5, 0.6) is 0 Å². The van der Waals surface area contributed by atoms with Gasteiger partial charge in [-0.05, 0) is 50.5 Å². The lowest BCUT2D eigenvalue weighted by molar-refractivity contribution is -0.140. The fourth-order valence-electron chi connectivity index (χ4n) is 3.01. The summed E-state index contributed by atoms with van der Waals surface area (Å²) in [6.45, 7) is 8.03. The van der Waals surface area contributed by atoms with E-state index in [0.717, 1.165) is 17.5 Å². The molecule has 2 atom stereocenters. The van der Waals surface area contributed by atoms with Gasteiger partial charge in [0.25, 0.3) is 0 Å². The van der Waals surface area contributed by atoms with Crippen molar-refractivity contribution in [1.82, 2.24) is 10.2 Å². The van der Waals surface area contributed by atoms with E-state index in [1.807, 2.05) is 45.0 Å². The van der Waals surface area contributed by atoms with Gasteiger partial charge in [0.05, 0.1) is 6.42 Å². The number of aryl methyl sites for hydroxylation is 1. The number of halogens is 2. The van der Waals surface area contributed by atoms with Crippen LogP contribution < -0.4 is 5.32 Å². The molecule has 2 rings (SSSR count). The van der Waals surface area contributed by atoms with E-state index in [1.165, 1.54) is 0 Å². The summed E-state index contributed by atoms with van der Waals surface area (Å²) in [6, 6.07) is 12.5. The summed E-state index contributed by atoms with van der Waals surface area (Å²) in [7, 11) is 0. The van der Waals surface area contributed by atoms with Gasteiger partial charge >= 0.3 is 0 Å². The minimum absolute atomic E-state index is 0.0330. The molecule has 0 aliphatic heterocycles. The zero-order valence-electron chi connectivity index (χ0n) is 17.3. The third-order valence-electron chi connectivity index (χ3n) is 4.99. The highest BCUT2D eigenvalue weighted by molar-refractivity contribution is 6.36. The molecule has 0 bridgehead atoms. The molecule has 0 radical (unpaired) electrons. The molecule has 0 unspecified atom stereocenters. The van der Waals surface area contributed by atoms with Crippen molar-refractivity contribution in [2.24, 2.45) is 0 Å². The fourth-order valence-corrected chi connectivity index (χ4v) is 3.54. The topological polar surface area (TPSA) is 49.4 Å². The van der Waals surface area contributed by atoms with Crippen molar-refractivity contribution in [3.05, 3.63) is 69.2 Å². The Morgan fingerprint density at radius 3 is 2.28 bits per heavy atom. The molecular formula is C23H28Cl2N2O2. The quantitative estimate of drug-likeness (QED) is 0.622. The van der Waals surface area contributed by atoms with Crippen molar-refractivity contribution in [3.8, 4) is 0 Å². The number of hydrogen-bond donors (Lipinski definition) is 1. The van der Waals surface area contributed by atoms with Crippen molar-refractivity contribution in [3.63, 3.8) is 0 Å². The third-order valence-corrected chi connectivity index (χ3v) is 5.70. The van der Waals surface area contributed by atoms with Gasteiger partial charge in [-0.2, -0.15) is 0 Å². The first-order valence-corrected chi connectivity index (χ1v) is 10.6. The number of carbonyl (C=O) groups is 2. The summed E-state index contributed by atoms with van der Waals surface area (Å²) in [4.78, 5) is 27.6. The maximum absolute atomic E-state index is 13.2. The van der Waals surface area contributed by atoms with Gasteiger partial charge in [0.2, 0.25) is 11.8 Å². The molecule has 0 saturated carbocycles. The van der Waals surface area contributed by atoms with Crippen LogP contribution in [0.25, 0.3) is 0 Å². The Balaban J connectivity index is 2.29. The summed E-state index contributed by atoms with van der Waals surface area (Å²) >= 11 is 12.5. The second-order valence-corrected chi connectivity index (χ2v) is 8.20. The number of nitrogens with one attached hydrogen (secondary N) is 1. The van der Waals surface area contributed by atoms with E-state index in [-0.39, 0.29) is 24.3 Å². The monoisotopic (exact) mass is 434 g/mol. The molecule has 0 heterocycles. The molecule has 4 nitrogen and oxygen atoms in total. The summed E-state index contributed by atoms with van der Waals surface area (Å²) in [5.74, 6) is -0.376. The van der Waals surface area contributed by atoms with E-state index in [4.69, 9.17) is 23.2 Å². The summed E-state index contributed by atoms with van der Waals surface area (Å²) in [6.07, 6.45) is 0.852. The largest absolute Gasteiger partial charge is 0.352 e. The van der Waals surface area contributed by atoms with Crippen LogP contribution in [-0.4, -0.2) is 28.8 Å². The summed E-state index contributed by atoms with van der Waals surface area (Å²) in [5.41, 5.74) is 2.64. The second kappa shape index (κ2) is 10.7. The van der Waals surface area contributed by atoms with Gasteiger partial charge < -0.3 is 10.2 Å². The van der Waals surface area contributed by atoms with Crippen molar-refractivity contribution >= 4 is 35.0 Å². The highest BCUT2D eigenvalue weighted by Crippen LogP contribution is 2.26. The van der Waals surface area contributed by atoms with Gasteiger partial charge in [0.1, 0.15) is 6.04 Å². The first kappa shape index (κ1) is 23.2. The van der Waals surface area contributed by atoms with Crippen molar-refractivity contribution in [2.75, 3.05) is 0 Å². The summed E-state index contributed by atoms with van der Waals surface area (Å²) in [5, 5.41) is 3.85. The number of amides is 2. The number of hydrogen-bond acceptors (Lipinski definition) is 2. The van der Waals surface area contributed by atoms with Crippen LogP contribution in [0.15, 0.2) is 42.5 Å². The minimum Gasteiger partial charge on any atom is -0.352 e. The molecule has 2 amide bonds. The lowest BCUT2D eigenvalue weighted by atomic mass is 10.1. The van der Waals surface area contributed by atoms with Gasteiger partial charge in [0, 0.05) is 22.6 Å². The maximum Gasteiger partial charge on any atom is 0.242 e. The minimum atomic E-state index is -0.627. The van der Waals surface area contributed by atoms with Gasteiger partial charge in [0.15, 0.2) is 0 Å². The summed E-state index contributed by atoms with van der Waals surface area (Å²) < 4.78 is 0. The predicted octanol–water partition coefficient (Wildman–Crippen LogP) is 5.18. The highest BCUT2D eigenvalue weighted by Gasteiger charge is 2.27. The second-order valence-electron chi connectivity index (χ2n) is 7.38. The predicted molar refractivity (Wildman–Crippen MR) is 119 cm³/mol. The number of carbonyl (C=O) groups excluding carboxylic acids is 2. The van der Waals surface area contributed by atoms with Crippen LogP contribution in [0.3, 0.4) is 0 Å². The molecule has 1 N–H and O–H groups in total. The molecular weight excluding hydrogens is 407 g/mol. The Hall–Kier alpha value is -2.04. The molecule has 0 spiro atoms. The van der Waals surface area contributed by atoms with Crippen molar-refractivity contribution in [1.29, 1.82) is 0 Å². The van der Waals surface area contributed by atoms with E-state index in [0.29, 0.717) is 22.2 Å². The van der Waals surface area contributed by atoms with E-state index in [1.54, 1.807) is 30.0 Å². The normalized spacial score (nSPS) is 12.9. The van der Waals surface area contributed by atoms with E-state index < -0.39 is 6.04 Å². The molecule has 2 aromatic carbocycles. The van der Waals surface area contributed by atoms with E-state index in [2.05, 4.69) is 5.32 Å². The van der Waals surface area contributed by atoms with Crippen molar-refractivity contribution < 1.29 is 9.59 Å². The Morgan fingerprint density at radius 1 is 1.07 bits per heavy atom. The van der Waals surface area contributed by atoms with E-state index >= 15 is 0 Å². The highest BCUT2D eigenvalue weighted by atomic mass is 35.5. The van der Waals surface area contributed by atoms with Crippen LogP contribution in [0, 0.1) is 6.92 Å². The van der Waals surface area contributed by atoms with Crippen molar-refractivity contribution in [2.45, 2.75) is 59.2 Å². The Kier molecular flexibility index (Phi) is 8.54. The third kappa shape index (κ3) is 6.48. The number of nitrogens with zero attached hydrogens (tertiary/aromatic N) is 1. The zero-order valence-corrected chi connectivity index (χ0v) is 18.8. The zero-order chi connectivity index (χ0) is 21.6. The first-order valence-electron chi connectivity index (χ1n) is 9.81. The Morgan fingerprint density at radius 2 is 1.69 bits per heavy atom. The molecule has 2 aromatic rings. The van der Waals surface area contributed by atoms with Crippen LogP contribution in [0.4, 0.5) is 0 Å². The van der Waals surface area contributed by atoms with Gasteiger partial charge in [-0.1, -0.05) is 66.0 Å². The smallest absolute Gasteiger partial charge is 0.242 e. The number of rotatable bonds is 8. The van der Waals surface area contributed by atoms with Crippen LogP contribution in [0.2, 0.25) is 10.0 Å². The Bertz CT molecular complexity index is 849. The molecule has 0 aliphatic carbocycles. The first-order chi connectivity index (χ1) is 13.7. The molecule has 0 aromatic heterocycles. The van der Waals surface area contributed by atoms with E-state index in [9.17, 15) is 9.59 Å². The van der Waals surface area contributed by atoms with Gasteiger partial charge in [-0.25, -0.2) is 0 Å². The maximum atomic E-state index is 13.2. The Labute approximate surface area is 183 Å². The standard InChI is InChI=1S/C23H28Cl2N2O2/c1-5-16(3)26-23(29)17(4)27(14-18-9-6-8-15(2)12-18)22(28)13-19-20(24)10-7-11-21(19)25/h6-12,16-17H,5,13-14H2,1-4H3,(H,26,29)/t16-,17-/m0/s1. The fraction of sp³-hybridized carbons (Fsp3) is 0.391. The van der Waals surface area contributed by atoms with Crippen LogP contribution in [-0.2, 0) is 22.6 Å². The van der Waals surface area contributed by atoms with Gasteiger partial charge in [-0.3, -0.25) is 9.59 Å². The molecule has 0 saturated heterocycles. The molecule has 0 aliphatic rings. The average molecular weight is 435 g/mol. The average Bonchev–Trinajstić information content (AvgIpc) is 2.68. The molecule has 6 heteroatoms. The molecule has 156 valence electrons. The number of benzene rings is 2. The van der Waals surface area contributed by atoms with Crippen LogP contribution in [0.1, 0.15) is 43.9 Å². The van der Waals surface area contributed by atoms with Crippen LogP contribution >= 0.6 is 23.2 Å². The lowest BCUT2D eigenvalue weighted by Gasteiger charge is -2.30.